The fraction of sp³-hybridized carbons (Fsp3) is 0.286. The quantitative estimate of drug-likeness (QED) is 0.456. The lowest BCUT2D eigenvalue weighted by atomic mass is 10.1. The number of nitro groups is 1. The third-order valence-corrected chi connectivity index (χ3v) is 3.04. The lowest BCUT2D eigenvalue weighted by molar-refractivity contribution is -0.384. The van der Waals surface area contributed by atoms with Crippen molar-refractivity contribution < 1.29 is 14.5 Å². The van der Waals surface area contributed by atoms with Gasteiger partial charge >= 0.3 is 0 Å². The molecule has 0 spiro atoms. The van der Waals surface area contributed by atoms with E-state index in [0.29, 0.717) is 24.7 Å². The van der Waals surface area contributed by atoms with Crippen LogP contribution in [0.2, 0.25) is 0 Å². The van der Waals surface area contributed by atoms with E-state index in [0.717, 1.165) is 0 Å². The van der Waals surface area contributed by atoms with Gasteiger partial charge < -0.3 is 15.4 Å². The summed E-state index contributed by atoms with van der Waals surface area (Å²) in [6, 6.07) is 5.70. The van der Waals surface area contributed by atoms with Crippen LogP contribution < -0.4 is 10.6 Å². The van der Waals surface area contributed by atoms with Crippen LogP contribution in [-0.4, -0.2) is 40.9 Å². The predicted octanol–water partition coefficient (Wildman–Crippen LogP) is 1.64. The molecular weight excluding hydrogens is 302 g/mol. The van der Waals surface area contributed by atoms with Gasteiger partial charge in [0.25, 0.3) is 11.6 Å². The monoisotopic (exact) mass is 319 g/mol. The molecule has 122 valence electrons. The molecule has 9 nitrogen and oxygen atoms in total. The van der Waals surface area contributed by atoms with Crippen molar-refractivity contribution >= 4 is 23.1 Å². The molecule has 0 aliphatic carbocycles. The van der Waals surface area contributed by atoms with E-state index in [2.05, 4.69) is 15.7 Å². The maximum Gasteiger partial charge on any atom is 0.270 e. The zero-order valence-corrected chi connectivity index (χ0v) is 12.8. The molecular formula is C14H17N5O4. The van der Waals surface area contributed by atoms with Crippen molar-refractivity contribution in [2.24, 2.45) is 7.05 Å². The Labute approximate surface area is 132 Å². The lowest BCUT2D eigenvalue weighted by Gasteiger charge is -2.11. The Bertz CT molecular complexity index is 713. The average Bonchev–Trinajstić information content (AvgIpc) is 2.92. The largest absolute Gasteiger partial charge is 0.383 e. The Hall–Kier alpha value is -2.94. The minimum atomic E-state index is -0.545. The molecule has 0 aliphatic rings. The molecule has 1 amide bonds. The average molecular weight is 319 g/mol. The number of ether oxygens (including phenoxy) is 1. The second-order valence-electron chi connectivity index (χ2n) is 4.74. The molecule has 0 bridgehead atoms. The number of methoxy groups -OCH3 is 1. The topological polar surface area (TPSA) is 111 Å². The first-order chi connectivity index (χ1) is 11.0. The number of hydrogen-bond acceptors (Lipinski definition) is 6. The van der Waals surface area contributed by atoms with Gasteiger partial charge in [0.05, 0.1) is 17.1 Å². The van der Waals surface area contributed by atoms with Crippen molar-refractivity contribution in [3.63, 3.8) is 0 Å². The highest BCUT2D eigenvalue weighted by Crippen LogP contribution is 2.23. The van der Waals surface area contributed by atoms with Crippen molar-refractivity contribution in [2.45, 2.75) is 0 Å². The Balaban J connectivity index is 2.25. The molecule has 23 heavy (non-hydrogen) atoms. The molecule has 0 unspecified atom stereocenters. The van der Waals surface area contributed by atoms with Crippen LogP contribution in [0.4, 0.5) is 17.2 Å². The number of carbonyl (C=O) groups is 1. The van der Waals surface area contributed by atoms with Crippen molar-refractivity contribution in [1.29, 1.82) is 0 Å². The van der Waals surface area contributed by atoms with Gasteiger partial charge in [-0.1, -0.05) is 0 Å². The van der Waals surface area contributed by atoms with Crippen LogP contribution in [0.5, 0.6) is 0 Å². The van der Waals surface area contributed by atoms with Gasteiger partial charge in [0.1, 0.15) is 0 Å². The van der Waals surface area contributed by atoms with Gasteiger partial charge in [-0.2, -0.15) is 5.10 Å². The minimum absolute atomic E-state index is 0.159. The molecule has 0 fully saturated rings. The summed E-state index contributed by atoms with van der Waals surface area (Å²) < 4.78 is 6.48. The van der Waals surface area contributed by atoms with E-state index in [1.54, 1.807) is 31.1 Å². The first kappa shape index (κ1) is 16.4. The summed E-state index contributed by atoms with van der Waals surface area (Å²) >= 11 is 0. The third kappa shape index (κ3) is 4.27. The minimum Gasteiger partial charge on any atom is -0.383 e. The number of anilines is 2. The van der Waals surface area contributed by atoms with E-state index in [1.807, 2.05) is 0 Å². The number of aryl methyl sites for hydroxylation is 1. The number of nitrogens with one attached hydrogen (secondary N) is 2. The van der Waals surface area contributed by atoms with Gasteiger partial charge in [0, 0.05) is 50.8 Å². The first-order valence-electron chi connectivity index (χ1n) is 6.83. The third-order valence-electron chi connectivity index (χ3n) is 3.04. The second kappa shape index (κ2) is 7.36. The number of hydrogen-bond donors (Lipinski definition) is 2. The number of aromatic nitrogens is 2. The van der Waals surface area contributed by atoms with Gasteiger partial charge in [0.15, 0.2) is 5.82 Å². The van der Waals surface area contributed by atoms with Crippen LogP contribution in [0.15, 0.2) is 30.5 Å². The molecule has 1 aromatic carbocycles. The summed E-state index contributed by atoms with van der Waals surface area (Å²) in [6.45, 7) is 0.913. The Morgan fingerprint density at radius 2 is 2.22 bits per heavy atom. The van der Waals surface area contributed by atoms with Gasteiger partial charge in [-0.3, -0.25) is 19.6 Å². The van der Waals surface area contributed by atoms with Crippen LogP contribution in [-0.2, 0) is 11.8 Å². The number of non-ortho nitro benzene ring substituents is 1. The molecule has 0 saturated heterocycles. The van der Waals surface area contributed by atoms with E-state index in [1.165, 1.54) is 18.2 Å². The highest BCUT2D eigenvalue weighted by Gasteiger charge is 2.17. The Morgan fingerprint density at radius 1 is 1.43 bits per heavy atom. The first-order valence-corrected chi connectivity index (χ1v) is 6.83. The summed E-state index contributed by atoms with van der Waals surface area (Å²) in [5, 5.41) is 20.6. The number of amides is 1. The van der Waals surface area contributed by atoms with Crippen LogP contribution in [0, 0.1) is 10.1 Å². The van der Waals surface area contributed by atoms with Crippen LogP contribution in [0.3, 0.4) is 0 Å². The normalized spacial score (nSPS) is 10.3. The summed E-state index contributed by atoms with van der Waals surface area (Å²) in [5.41, 5.74) is 0.496. The Kier molecular flexibility index (Phi) is 5.26. The second-order valence-corrected chi connectivity index (χ2v) is 4.74. The molecule has 1 heterocycles. The summed E-state index contributed by atoms with van der Waals surface area (Å²) in [5.74, 6) is -0.112. The van der Waals surface area contributed by atoms with E-state index >= 15 is 0 Å². The maximum absolute atomic E-state index is 12.4. The smallest absolute Gasteiger partial charge is 0.270 e. The summed E-state index contributed by atoms with van der Waals surface area (Å²) in [6.07, 6.45) is 1.68. The summed E-state index contributed by atoms with van der Waals surface area (Å²) in [4.78, 5) is 22.8. The van der Waals surface area contributed by atoms with Crippen molar-refractivity contribution in [2.75, 3.05) is 30.9 Å². The molecule has 2 N–H and O–H groups in total. The van der Waals surface area contributed by atoms with Crippen LogP contribution in [0.25, 0.3) is 0 Å². The van der Waals surface area contributed by atoms with E-state index in [4.69, 9.17) is 4.74 Å². The molecule has 1 aromatic heterocycles. The van der Waals surface area contributed by atoms with Gasteiger partial charge in [-0.05, 0) is 6.07 Å². The molecule has 0 saturated carbocycles. The molecule has 2 rings (SSSR count). The maximum atomic E-state index is 12.4. The number of carbonyl (C=O) groups excluding carboxylic acids is 1. The van der Waals surface area contributed by atoms with E-state index in [9.17, 15) is 14.9 Å². The number of nitro benzene ring substituents is 1. The SMILES string of the molecule is COCCNc1ccc([N+](=O)[O-])cc1C(=O)Nc1ccn(C)n1. The fourth-order valence-corrected chi connectivity index (χ4v) is 1.94. The zero-order chi connectivity index (χ0) is 16.8. The van der Waals surface area contributed by atoms with Crippen molar-refractivity contribution in [3.8, 4) is 0 Å². The fourth-order valence-electron chi connectivity index (χ4n) is 1.94. The standard InChI is InChI=1S/C14H17N5O4/c1-18-7-5-13(17-18)16-14(20)11-9-10(19(21)22)3-4-12(11)15-6-8-23-2/h3-5,7,9,15H,6,8H2,1-2H3,(H,16,17,20). The van der Waals surface area contributed by atoms with E-state index in [-0.39, 0.29) is 11.3 Å². The number of rotatable bonds is 7. The number of nitrogens with zero attached hydrogens (tertiary/aromatic N) is 3. The summed E-state index contributed by atoms with van der Waals surface area (Å²) in [7, 11) is 3.28. The van der Waals surface area contributed by atoms with Crippen molar-refractivity contribution in [3.05, 3.63) is 46.1 Å². The molecule has 0 atom stereocenters. The predicted molar refractivity (Wildman–Crippen MR) is 84.6 cm³/mol. The molecule has 9 heteroatoms. The molecule has 2 aromatic rings. The van der Waals surface area contributed by atoms with Crippen molar-refractivity contribution in [1.82, 2.24) is 9.78 Å². The lowest BCUT2D eigenvalue weighted by Crippen LogP contribution is -2.17. The highest BCUT2D eigenvalue weighted by molar-refractivity contribution is 6.08. The molecule has 0 radical (unpaired) electrons. The van der Waals surface area contributed by atoms with E-state index < -0.39 is 10.8 Å². The van der Waals surface area contributed by atoms with Crippen LogP contribution >= 0.6 is 0 Å². The van der Waals surface area contributed by atoms with Crippen LogP contribution in [0.1, 0.15) is 10.4 Å². The zero-order valence-electron chi connectivity index (χ0n) is 12.8. The van der Waals surface area contributed by atoms with Gasteiger partial charge in [-0.25, -0.2) is 0 Å². The Morgan fingerprint density at radius 3 is 2.83 bits per heavy atom. The molecule has 0 aliphatic heterocycles. The van der Waals surface area contributed by atoms with Gasteiger partial charge in [0.2, 0.25) is 0 Å². The number of benzene rings is 1. The highest BCUT2D eigenvalue weighted by atomic mass is 16.6. The van der Waals surface area contributed by atoms with Gasteiger partial charge in [-0.15, -0.1) is 0 Å².